The van der Waals surface area contributed by atoms with Crippen molar-refractivity contribution in [1.29, 1.82) is 0 Å². The van der Waals surface area contributed by atoms with Gasteiger partial charge in [-0.25, -0.2) is 0 Å². The van der Waals surface area contributed by atoms with E-state index in [0.717, 1.165) is 19.3 Å². The predicted octanol–water partition coefficient (Wildman–Crippen LogP) is 2.13. The Labute approximate surface area is 66.8 Å². The SMILES string of the molecule is C=C1CCc2ncccc2C1. The second-order valence-corrected chi connectivity index (χ2v) is 3.04. The van der Waals surface area contributed by atoms with Gasteiger partial charge in [0.25, 0.3) is 0 Å². The van der Waals surface area contributed by atoms with Crippen LogP contribution in [0.4, 0.5) is 0 Å². The van der Waals surface area contributed by atoms with Gasteiger partial charge in [-0.05, 0) is 30.9 Å². The number of aryl methyl sites for hydroxylation is 1. The van der Waals surface area contributed by atoms with Crippen molar-refractivity contribution < 1.29 is 0 Å². The first-order valence-electron chi connectivity index (χ1n) is 3.95. The molecule has 0 aromatic carbocycles. The summed E-state index contributed by atoms with van der Waals surface area (Å²) in [6, 6.07) is 4.14. The van der Waals surface area contributed by atoms with Gasteiger partial charge < -0.3 is 0 Å². The van der Waals surface area contributed by atoms with E-state index < -0.39 is 0 Å². The number of hydrogen-bond donors (Lipinski definition) is 0. The number of pyridine rings is 1. The van der Waals surface area contributed by atoms with Gasteiger partial charge in [-0.3, -0.25) is 4.98 Å². The van der Waals surface area contributed by atoms with Gasteiger partial charge in [0.15, 0.2) is 0 Å². The molecule has 0 amide bonds. The molecule has 11 heavy (non-hydrogen) atoms. The van der Waals surface area contributed by atoms with E-state index in [4.69, 9.17) is 0 Å². The fourth-order valence-corrected chi connectivity index (χ4v) is 1.51. The first-order valence-corrected chi connectivity index (χ1v) is 3.95. The summed E-state index contributed by atoms with van der Waals surface area (Å²) in [5, 5.41) is 0. The van der Waals surface area contributed by atoms with Crippen molar-refractivity contribution in [3.8, 4) is 0 Å². The molecule has 0 aliphatic heterocycles. The number of aromatic nitrogens is 1. The lowest BCUT2D eigenvalue weighted by molar-refractivity contribution is 0.805. The standard InChI is InChI=1S/C10H11N/c1-8-4-5-10-9(7-8)3-2-6-11-10/h2-3,6H,1,4-5,7H2. The Morgan fingerprint density at radius 2 is 2.27 bits per heavy atom. The van der Waals surface area contributed by atoms with E-state index in [1.165, 1.54) is 16.8 Å². The average Bonchev–Trinajstić information content (AvgIpc) is 2.04. The number of rotatable bonds is 0. The van der Waals surface area contributed by atoms with Crippen LogP contribution in [0.3, 0.4) is 0 Å². The minimum atomic E-state index is 1.03. The monoisotopic (exact) mass is 145 g/mol. The maximum atomic E-state index is 4.31. The van der Waals surface area contributed by atoms with Gasteiger partial charge in [0.05, 0.1) is 0 Å². The van der Waals surface area contributed by atoms with Gasteiger partial charge in [-0.1, -0.05) is 18.2 Å². The maximum Gasteiger partial charge on any atom is 0.0441 e. The third-order valence-electron chi connectivity index (χ3n) is 2.14. The lowest BCUT2D eigenvalue weighted by Crippen LogP contribution is -2.06. The summed E-state index contributed by atoms with van der Waals surface area (Å²) in [5.41, 5.74) is 3.97. The summed E-state index contributed by atoms with van der Waals surface area (Å²) >= 11 is 0. The third-order valence-corrected chi connectivity index (χ3v) is 2.14. The second kappa shape index (κ2) is 2.50. The topological polar surface area (TPSA) is 12.9 Å². The van der Waals surface area contributed by atoms with Crippen molar-refractivity contribution in [2.45, 2.75) is 19.3 Å². The molecular formula is C10H11N. The average molecular weight is 145 g/mol. The highest BCUT2D eigenvalue weighted by molar-refractivity contribution is 5.29. The van der Waals surface area contributed by atoms with Gasteiger partial charge in [-0.15, -0.1) is 0 Å². The highest BCUT2D eigenvalue weighted by Crippen LogP contribution is 2.21. The Kier molecular flexibility index (Phi) is 1.50. The van der Waals surface area contributed by atoms with Gasteiger partial charge in [0.1, 0.15) is 0 Å². The first-order chi connectivity index (χ1) is 5.36. The molecule has 1 nitrogen and oxygen atoms in total. The zero-order chi connectivity index (χ0) is 7.68. The molecule has 0 saturated heterocycles. The van der Waals surface area contributed by atoms with E-state index in [1.54, 1.807) is 0 Å². The highest BCUT2D eigenvalue weighted by Gasteiger charge is 2.10. The Morgan fingerprint density at radius 1 is 1.36 bits per heavy atom. The molecular weight excluding hydrogens is 134 g/mol. The Balaban J connectivity index is 2.41. The van der Waals surface area contributed by atoms with Crippen LogP contribution in [-0.2, 0) is 12.8 Å². The van der Waals surface area contributed by atoms with Crippen molar-refractivity contribution in [2.75, 3.05) is 0 Å². The molecule has 0 radical (unpaired) electrons. The molecule has 1 aliphatic rings. The van der Waals surface area contributed by atoms with E-state index >= 15 is 0 Å². The minimum absolute atomic E-state index is 1.03. The Bertz CT molecular complexity index is 289. The summed E-state index contributed by atoms with van der Waals surface area (Å²) in [7, 11) is 0. The number of allylic oxidation sites excluding steroid dienone is 1. The molecule has 1 aliphatic carbocycles. The Hall–Kier alpha value is -1.11. The Morgan fingerprint density at radius 3 is 3.18 bits per heavy atom. The molecule has 2 rings (SSSR count). The fraction of sp³-hybridized carbons (Fsp3) is 0.300. The summed E-state index contributed by atoms with van der Waals surface area (Å²) in [6.07, 6.45) is 5.09. The molecule has 1 aromatic rings. The lowest BCUT2D eigenvalue weighted by Gasteiger charge is -2.15. The van der Waals surface area contributed by atoms with Crippen LogP contribution in [0.15, 0.2) is 30.5 Å². The maximum absolute atomic E-state index is 4.31. The van der Waals surface area contributed by atoms with Crippen LogP contribution < -0.4 is 0 Å². The van der Waals surface area contributed by atoms with Gasteiger partial charge in [-0.2, -0.15) is 0 Å². The molecule has 56 valence electrons. The number of fused-ring (bicyclic) bond motifs is 1. The van der Waals surface area contributed by atoms with E-state index in [9.17, 15) is 0 Å². The van der Waals surface area contributed by atoms with Crippen LogP contribution in [0.5, 0.6) is 0 Å². The number of hydrogen-bond acceptors (Lipinski definition) is 1. The van der Waals surface area contributed by atoms with Crippen molar-refractivity contribution in [2.24, 2.45) is 0 Å². The van der Waals surface area contributed by atoms with Crippen LogP contribution in [-0.4, -0.2) is 4.98 Å². The first kappa shape index (κ1) is 6.59. The normalized spacial score (nSPS) is 16.2. The highest BCUT2D eigenvalue weighted by atomic mass is 14.7. The number of nitrogens with zero attached hydrogens (tertiary/aromatic N) is 1. The van der Waals surface area contributed by atoms with Gasteiger partial charge in [0.2, 0.25) is 0 Å². The molecule has 0 bridgehead atoms. The predicted molar refractivity (Wildman–Crippen MR) is 45.4 cm³/mol. The van der Waals surface area contributed by atoms with Crippen molar-refractivity contribution >= 4 is 0 Å². The zero-order valence-corrected chi connectivity index (χ0v) is 6.51. The van der Waals surface area contributed by atoms with E-state index in [0.29, 0.717) is 0 Å². The van der Waals surface area contributed by atoms with Crippen LogP contribution in [0.2, 0.25) is 0 Å². The summed E-state index contributed by atoms with van der Waals surface area (Å²) < 4.78 is 0. The van der Waals surface area contributed by atoms with Crippen LogP contribution >= 0.6 is 0 Å². The van der Waals surface area contributed by atoms with E-state index in [1.807, 2.05) is 12.3 Å². The molecule has 0 atom stereocenters. The molecule has 0 unspecified atom stereocenters. The van der Waals surface area contributed by atoms with Crippen molar-refractivity contribution in [3.05, 3.63) is 41.7 Å². The summed E-state index contributed by atoms with van der Waals surface area (Å²) in [4.78, 5) is 4.31. The van der Waals surface area contributed by atoms with Crippen LogP contribution in [0.1, 0.15) is 17.7 Å². The largest absolute Gasteiger partial charge is 0.261 e. The molecule has 1 heteroatoms. The van der Waals surface area contributed by atoms with Crippen molar-refractivity contribution in [3.63, 3.8) is 0 Å². The van der Waals surface area contributed by atoms with E-state index in [2.05, 4.69) is 17.6 Å². The van der Waals surface area contributed by atoms with Crippen LogP contribution in [0.25, 0.3) is 0 Å². The van der Waals surface area contributed by atoms with Crippen molar-refractivity contribution in [1.82, 2.24) is 4.98 Å². The molecule has 0 N–H and O–H groups in total. The molecule has 1 heterocycles. The zero-order valence-electron chi connectivity index (χ0n) is 6.51. The lowest BCUT2D eigenvalue weighted by atomic mass is 9.93. The van der Waals surface area contributed by atoms with Gasteiger partial charge in [0, 0.05) is 11.9 Å². The minimum Gasteiger partial charge on any atom is -0.261 e. The smallest absolute Gasteiger partial charge is 0.0441 e. The second-order valence-electron chi connectivity index (χ2n) is 3.04. The fourth-order valence-electron chi connectivity index (χ4n) is 1.51. The summed E-state index contributed by atoms with van der Waals surface area (Å²) in [5.74, 6) is 0. The molecule has 1 aromatic heterocycles. The summed E-state index contributed by atoms with van der Waals surface area (Å²) in [6.45, 7) is 3.99. The molecule has 0 saturated carbocycles. The van der Waals surface area contributed by atoms with Gasteiger partial charge >= 0.3 is 0 Å². The van der Waals surface area contributed by atoms with E-state index in [-0.39, 0.29) is 0 Å². The molecule has 0 fully saturated rings. The quantitative estimate of drug-likeness (QED) is 0.509. The third kappa shape index (κ3) is 1.18. The molecule has 0 spiro atoms. The van der Waals surface area contributed by atoms with Crippen LogP contribution in [0, 0.1) is 0 Å².